The lowest BCUT2D eigenvalue weighted by Gasteiger charge is -2.37. The van der Waals surface area contributed by atoms with E-state index in [0.717, 1.165) is 54.5 Å². The van der Waals surface area contributed by atoms with Gasteiger partial charge in [-0.3, -0.25) is 4.79 Å². The smallest absolute Gasteiger partial charge is 0.337 e. The van der Waals surface area contributed by atoms with Crippen LogP contribution in [0, 0.1) is 0 Å². The van der Waals surface area contributed by atoms with Gasteiger partial charge in [0.05, 0.1) is 25.7 Å². The third kappa shape index (κ3) is 6.48. The number of para-hydroxylation sites is 1. The molecule has 3 aromatic carbocycles. The number of carbonyl (C=O) groups excluding carboxylic acids is 2. The molecule has 1 aliphatic heterocycles. The van der Waals surface area contributed by atoms with Gasteiger partial charge in [0.15, 0.2) is 17.3 Å². The lowest BCUT2D eigenvalue weighted by Crippen LogP contribution is -2.37. The Bertz CT molecular complexity index is 1620. The first-order valence-electron chi connectivity index (χ1n) is 15.9. The minimum Gasteiger partial charge on any atom is -0.493 e. The molecule has 1 saturated carbocycles. The van der Waals surface area contributed by atoms with Crippen LogP contribution in [-0.2, 0) is 20.9 Å². The number of carbonyl (C=O) groups is 2. The maximum Gasteiger partial charge on any atom is 0.337 e. The molecule has 1 N–H and O–H groups in total. The maximum atomic E-state index is 14.3. The van der Waals surface area contributed by atoms with Crippen molar-refractivity contribution in [3.63, 3.8) is 0 Å². The molecule has 7 nitrogen and oxygen atoms in total. The Kier molecular flexibility index (Phi) is 9.24. The van der Waals surface area contributed by atoms with E-state index in [1.165, 1.54) is 0 Å². The molecule has 3 aliphatic rings. The van der Waals surface area contributed by atoms with E-state index >= 15 is 0 Å². The van der Waals surface area contributed by atoms with Crippen molar-refractivity contribution in [2.75, 3.05) is 14.2 Å². The Balaban J connectivity index is 1.38. The van der Waals surface area contributed by atoms with Crippen LogP contribution in [0.2, 0.25) is 0 Å². The van der Waals surface area contributed by atoms with Crippen molar-refractivity contribution in [2.45, 2.75) is 76.4 Å². The van der Waals surface area contributed by atoms with Crippen molar-refractivity contribution < 1.29 is 28.5 Å². The van der Waals surface area contributed by atoms with Crippen LogP contribution in [0.15, 0.2) is 95.3 Å². The quantitative estimate of drug-likeness (QED) is 0.252. The average Bonchev–Trinajstić information content (AvgIpc) is 3.07. The Morgan fingerprint density at radius 2 is 1.58 bits per heavy atom. The largest absolute Gasteiger partial charge is 0.493 e. The van der Waals surface area contributed by atoms with Gasteiger partial charge in [-0.05, 0) is 74.3 Å². The van der Waals surface area contributed by atoms with E-state index in [1.807, 2.05) is 79.7 Å². The molecule has 6 rings (SSSR count). The summed E-state index contributed by atoms with van der Waals surface area (Å²) >= 11 is 0. The minimum atomic E-state index is -0.608. The Hall–Kier alpha value is -4.52. The molecule has 234 valence electrons. The third-order valence-electron chi connectivity index (χ3n) is 9.22. The van der Waals surface area contributed by atoms with E-state index < -0.39 is 5.92 Å². The molecule has 0 bridgehead atoms. The number of ketones is 1. The lowest BCUT2D eigenvalue weighted by atomic mass is 9.71. The van der Waals surface area contributed by atoms with Crippen LogP contribution < -0.4 is 19.5 Å². The average molecular weight is 608 g/mol. The summed E-state index contributed by atoms with van der Waals surface area (Å²) in [6, 6.07) is 23.5. The van der Waals surface area contributed by atoms with Crippen LogP contribution in [0.25, 0.3) is 0 Å². The molecule has 45 heavy (non-hydrogen) atoms. The molecule has 3 aromatic rings. The topological polar surface area (TPSA) is 83.1 Å². The van der Waals surface area contributed by atoms with Crippen molar-refractivity contribution in [1.29, 1.82) is 0 Å². The van der Waals surface area contributed by atoms with Gasteiger partial charge in [-0.15, -0.1) is 0 Å². The second-order valence-corrected chi connectivity index (χ2v) is 12.1. The zero-order valence-electron chi connectivity index (χ0n) is 26.3. The molecule has 1 fully saturated rings. The first-order valence-corrected chi connectivity index (χ1v) is 15.9. The van der Waals surface area contributed by atoms with Crippen molar-refractivity contribution >= 4 is 11.8 Å². The molecule has 0 amide bonds. The molecule has 0 spiro atoms. The molecular formula is C38H41NO6. The van der Waals surface area contributed by atoms with Crippen LogP contribution in [0.1, 0.15) is 80.4 Å². The zero-order chi connectivity index (χ0) is 31.3. The van der Waals surface area contributed by atoms with Crippen molar-refractivity contribution in [3.8, 4) is 17.2 Å². The molecular weight excluding hydrogens is 566 g/mol. The fourth-order valence-electron chi connectivity index (χ4n) is 6.95. The van der Waals surface area contributed by atoms with Gasteiger partial charge in [0.1, 0.15) is 18.5 Å². The molecule has 2 atom stereocenters. The number of ether oxygens (including phenoxy) is 4. The SMILES string of the molecule is COc1ccc(C2CC(=O)C3=C(C2)NC(C)=C(C(=O)OC2CCCCC2)C3c2ccccc2OCc2ccccc2)cc1OC. The van der Waals surface area contributed by atoms with Gasteiger partial charge in [0, 0.05) is 29.0 Å². The number of esters is 1. The Morgan fingerprint density at radius 1 is 0.844 bits per heavy atom. The fraction of sp³-hybridized carbons (Fsp3) is 0.368. The molecule has 7 heteroatoms. The van der Waals surface area contributed by atoms with E-state index in [-0.39, 0.29) is 23.8 Å². The van der Waals surface area contributed by atoms with E-state index in [2.05, 4.69) is 5.32 Å². The first-order chi connectivity index (χ1) is 22.0. The Morgan fingerprint density at radius 3 is 2.33 bits per heavy atom. The van der Waals surface area contributed by atoms with Gasteiger partial charge in [-0.25, -0.2) is 4.79 Å². The second kappa shape index (κ2) is 13.6. The summed E-state index contributed by atoms with van der Waals surface area (Å²) in [7, 11) is 3.22. The maximum absolute atomic E-state index is 14.3. The molecule has 0 aromatic heterocycles. The minimum absolute atomic E-state index is 0.00173. The molecule has 2 aliphatic carbocycles. The summed E-state index contributed by atoms with van der Waals surface area (Å²) in [4.78, 5) is 28.3. The molecule has 2 unspecified atom stereocenters. The number of hydrogen-bond acceptors (Lipinski definition) is 7. The summed E-state index contributed by atoms with van der Waals surface area (Å²) in [6.45, 7) is 2.28. The van der Waals surface area contributed by atoms with E-state index in [4.69, 9.17) is 18.9 Å². The highest BCUT2D eigenvalue weighted by molar-refractivity contribution is 6.04. The zero-order valence-corrected chi connectivity index (χ0v) is 26.3. The van der Waals surface area contributed by atoms with Crippen molar-refractivity contribution in [1.82, 2.24) is 5.32 Å². The number of benzene rings is 3. The normalized spacial score (nSPS) is 20.3. The Labute approximate surface area is 265 Å². The van der Waals surface area contributed by atoms with Gasteiger partial charge < -0.3 is 24.3 Å². The molecule has 0 saturated heterocycles. The van der Waals surface area contributed by atoms with Crippen molar-refractivity contribution in [3.05, 3.63) is 112 Å². The van der Waals surface area contributed by atoms with Crippen LogP contribution in [0.3, 0.4) is 0 Å². The second-order valence-electron chi connectivity index (χ2n) is 12.1. The highest BCUT2D eigenvalue weighted by atomic mass is 16.5. The monoisotopic (exact) mass is 607 g/mol. The van der Waals surface area contributed by atoms with Crippen LogP contribution in [0.5, 0.6) is 17.2 Å². The van der Waals surface area contributed by atoms with Gasteiger partial charge in [-0.1, -0.05) is 61.0 Å². The first kappa shape index (κ1) is 30.5. The number of methoxy groups -OCH3 is 2. The van der Waals surface area contributed by atoms with E-state index in [0.29, 0.717) is 53.5 Å². The van der Waals surface area contributed by atoms with E-state index in [1.54, 1.807) is 14.2 Å². The summed E-state index contributed by atoms with van der Waals surface area (Å²) in [5, 5.41) is 3.49. The standard InChI is InChI=1S/C38H41NO6/c1-24-35(38(41)45-28-14-8-5-9-15-28)36(29-16-10-11-17-32(29)44-23-25-12-6-4-7-13-25)37-30(39-24)20-27(21-31(37)40)26-18-19-33(42-2)34(22-26)43-3/h4,6-7,10-13,16-19,22,27-28,36,39H,5,8-9,14-15,20-21,23H2,1-3H3. The predicted molar refractivity (Wildman–Crippen MR) is 172 cm³/mol. The summed E-state index contributed by atoms with van der Waals surface area (Å²) < 4.78 is 23.5. The third-order valence-corrected chi connectivity index (χ3v) is 9.22. The van der Waals surface area contributed by atoms with Crippen LogP contribution >= 0.6 is 0 Å². The van der Waals surface area contributed by atoms with Gasteiger partial charge >= 0.3 is 5.97 Å². The van der Waals surface area contributed by atoms with Crippen LogP contribution in [-0.4, -0.2) is 32.1 Å². The highest BCUT2D eigenvalue weighted by Crippen LogP contribution is 2.48. The van der Waals surface area contributed by atoms with Crippen LogP contribution in [0.4, 0.5) is 0 Å². The molecule has 0 radical (unpaired) electrons. The lowest BCUT2D eigenvalue weighted by molar-refractivity contribution is -0.146. The number of Topliss-reactive ketones (excluding diaryl/α,β-unsaturated/α-hetero) is 1. The number of nitrogens with one attached hydrogen (secondary N) is 1. The van der Waals surface area contributed by atoms with Gasteiger partial charge in [-0.2, -0.15) is 0 Å². The summed E-state index contributed by atoms with van der Waals surface area (Å²) in [5.74, 6) is 0.889. The van der Waals surface area contributed by atoms with Gasteiger partial charge in [0.2, 0.25) is 0 Å². The van der Waals surface area contributed by atoms with Crippen molar-refractivity contribution in [2.24, 2.45) is 0 Å². The summed E-state index contributed by atoms with van der Waals surface area (Å²) in [6.07, 6.45) is 5.82. The predicted octanol–water partition coefficient (Wildman–Crippen LogP) is 7.52. The fourth-order valence-corrected chi connectivity index (χ4v) is 6.95. The number of allylic oxidation sites excluding steroid dienone is 3. The number of rotatable bonds is 9. The number of dihydropyridines is 1. The molecule has 1 heterocycles. The highest BCUT2D eigenvalue weighted by Gasteiger charge is 2.43. The number of hydrogen-bond donors (Lipinski definition) is 1. The summed E-state index contributed by atoms with van der Waals surface area (Å²) in [5.41, 5.74) is 5.46. The van der Waals surface area contributed by atoms with E-state index in [9.17, 15) is 9.59 Å². The van der Waals surface area contributed by atoms with Gasteiger partial charge in [0.25, 0.3) is 0 Å².